The molecule has 0 fully saturated rings. The van der Waals surface area contributed by atoms with Gasteiger partial charge in [-0.3, -0.25) is 4.79 Å². The summed E-state index contributed by atoms with van der Waals surface area (Å²) >= 11 is 4.12. The monoisotopic (exact) mass is 251 g/mol. The molecule has 0 bridgehead atoms. The van der Waals surface area contributed by atoms with Crippen molar-refractivity contribution in [1.29, 1.82) is 0 Å². The first-order valence-corrected chi connectivity index (χ1v) is 6.11. The molecule has 0 saturated carbocycles. The summed E-state index contributed by atoms with van der Waals surface area (Å²) in [6, 6.07) is 4.59. The van der Waals surface area contributed by atoms with E-state index >= 15 is 0 Å². The molecule has 1 aromatic carbocycles. The van der Waals surface area contributed by atoms with Crippen molar-refractivity contribution >= 4 is 24.2 Å². The fourth-order valence-corrected chi connectivity index (χ4v) is 2.06. The lowest BCUT2D eigenvalue weighted by Gasteiger charge is -2.29. The molecule has 1 aliphatic heterocycles. The lowest BCUT2D eigenvalue weighted by atomic mass is 10.0. The fraction of sp³-hybridized carbons (Fsp3) is 0.308. The third-order valence-electron chi connectivity index (χ3n) is 2.85. The van der Waals surface area contributed by atoms with E-state index in [0.717, 1.165) is 11.1 Å². The van der Waals surface area contributed by atoms with Gasteiger partial charge < -0.3 is 4.90 Å². The minimum Gasteiger partial charge on any atom is -0.308 e. The molecule has 1 aromatic rings. The largest absolute Gasteiger partial charge is 0.308 e. The SMILES string of the molecule is C=C(CS)CN1C(=O)CCc2ccc(F)cc21. The molecule has 0 unspecified atom stereocenters. The van der Waals surface area contributed by atoms with Gasteiger partial charge in [0.05, 0.1) is 5.69 Å². The maximum Gasteiger partial charge on any atom is 0.227 e. The quantitative estimate of drug-likeness (QED) is 0.646. The number of rotatable bonds is 3. The molecule has 0 N–H and O–H groups in total. The van der Waals surface area contributed by atoms with Crippen LogP contribution in [-0.2, 0) is 11.2 Å². The van der Waals surface area contributed by atoms with Crippen LogP contribution in [-0.4, -0.2) is 18.2 Å². The Morgan fingerprint density at radius 2 is 2.24 bits per heavy atom. The first-order chi connectivity index (χ1) is 8.11. The second-order valence-electron chi connectivity index (χ2n) is 4.16. The fourth-order valence-electron chi connectivity index (χ4n) is 1.96. The number of anilines is 1. The summed E-state index contributed by atoms with van der Waals surface area (Å²) in [6.07, 6.45) is 1.15. The van der Waals surface area contributed by atoms with Gasteiger partial charge >= 0.3 is 0 Å². The van der Waals surface area contributed by atoms with Gasteiger partial charge in [-0.25, -0.2) is 4.39 Å². The normalized spacial score (nSPS) is 14.7. The number of nitrogens with zero attached hydrogens (tertiary/aromatic N) is 1. The highest BCUT2D eigenvalue weighted by atomic mass is 32.1. The highest BCUT2D eigenvalue weighted by Crippen LogP contribution is 2.29. The minimum atomic E-state index is -0.320. The molecule has 1 heterocycles. The van der Waals surface area contributed by atoms with E-state index in [1.165, 1.54) is 12.1 Å². The molecule has 0 spiro atoms. The average Bonchev–Trinajstić information content (AvgIpc) is 2.32. The Morgan fingerprint density at radius 1 is 1.47 bits per heavy atom. The smallest absolute Gasteiger partial charge is 0.227 e. The molecule has 0 aromatic heterocycles. The maximum atomic E-state index is 13.2. The van der Waals surface area contributed by atoms with E-state index < -0.39 is 0 Å². The number of hydrogen-bond acceptors (Lipinski definition) is 2. The van der Waals surface area contributed by atoms with E-state index in [1.807, 2.05) is 0 Å². The highest BCUT2D eigenvalue weighted by molar-refractivity contribution is 7.80. The third-order valence-corrected chi connectivity index (χ3v) is 3.30. The predicted molar refractivity (Wildman–Crippen MR) is 70.1 cm³/mol. The number of fused-ring (bicyclic) bond motifs is 1. The Labute approximate surface area is 106 Å². The van der Waals surface area contributed by atoms with Gasteiger partial charge in [-0.15, -0.1) is 0 Å². The molecule has 2 rings (SSSR count). The van der Waals surface area contributed by atoms with Crippen molar-refractivity contribution in [3.05, 3.63) is 41.7 Å². The summed E-state index contributed by atoms with van der Waals surface area (Å²) in [5.74, 6) is 0.222. The van der Waals surface area contributed by atoms with Crippen LogP contribution in [0.2, 0.25) is 0 Å². The first-order valence-electron chi connectivity index (χ1n) is 5.48. The summed E-state index contributed by atoms with van der Waals surface area (Å²) in [7, 11) is 0. The van der Waals surface area contributed by atoms with E-state index in [1.54, 1.807) is 11.0 Å². The summed E-state index contributed by atoms with van der Waals surface area (Å²) < 4.78 is 13.2. The molecular formula is C13H14FNOS. The number of aryl methyl sites for hydroxylation is 1. The molecule has 17 heavy (non-hydrogen) atoms. The van der Waals surface area contributed by atoms with Crippen molar-refractivity contribution in [3.63, 3.8) is 0 Å². The molecule has 0 atom stereocenters. The van der Waals surface area contributed by atoms with Crippen LogP contribution in [0.25, 0.3) is 0 Å². The van der Waals surface area contributed by atoms with E-state index in [9.17, 15) is 9.18 Å². The molecule has 0 saturated heterocycles. The number of carbonyl (C=O) groups is 1. The topological polar surface area (TPSA) is 20.3 Å². The maximum absolute atomic E-state index is 13.2. The number of halogens is 1. The molecule has 0 aliphatic carbocycles. The third kappa shape index (κ3) is 2.52. The molecule has 2 nitrogen and oxygen atoms in total. The van der Waals surface area contributed by atoms with Crippen LogP contribution in [0.5, 0.6) is 0 Å². The van der Waals surface area contributed by atoms with Crippen LogP contribution in [0.4, 0.5) is 10.1 Å². The van der Waals surface area contributed by atoms with Gasteiger partial charge in [0.15, 0.2) is 0 Å². The number of carbonyl (C=O) groups excluding carboxylic acids is 1. The Morgan fingerprint density at radius 3 is 2.94 bits per heavy atom. The van der Waals surface area contributed by atoms with Gasteiger partial charge in [0.2, 0.25) is 5.91 Å². The van der Waals surface area contributed by atoms with Crippen molar-refractivity contribution in [1.82, 2.24) is 0 Å². The van der Waals surface area contributed by atoms with Gasteiger partial charge in [-0.05, 0) is 29.7 Å². The number of hydrogen-bond donors (Lipinski definition) is 1. The molecule has 90 valence electrons. The molecule has 0 radical (unpaired) electrons. The number of thiol groups is 1. The van der Waals surface area contributed by atoms with Crippen LogP contribution >= 0.6 is 12.6 Å². The van der Waals surface area contributed by atoms with Gasteiger partial charge in [0.1, 0.15) is 5.82 Å². The van der Waals surface area contributed by atoms with Gasteiger partial charge in [0, 0.05) is 18.7 Å². The van der Waals surface area contributed by atoms with E-state index in [-0.39, 0.29) is 11.7 Å². The number of amides is 1. The van der Waals surface area contributed by atoms with Crippen molar-refractivity contribution in [3.8, 4) is 0 Å². The first kappa shape index (κ1) is 12.2. The highest BCUT2D eigenvalue weighted by Gasteiger charge is 2.24. The standard InChI is InChI=1S/C13H14FNOS/c1-9(8-17)7-15-12-6-11(14)4-2-10(12)3-5-13(15)16/h2,4,6,17H,1,3,5,7-8H2. The van der Waals surface area contributed by atoms with Crippen molar-refractivity contribution < 1.29 is 9.18 Å². The predicted octanol–water partition coefficient (Wildman–Crippen LogP) is 2.59. The van der Waals surface area contributed by atoms with Crippen LogP contribution in [0.1, 0.15) is 12.0 Å². The summed E-state index contributed by atoms with van der Waals surface area (Å²) in [4.78, 5) is 13.5. The van der Waals surface area contributed by atoms with E-state index in [0.29, 0.717) is 30.8 Å². The van der Waals surface area contributed by atoms with Gasteiger partial charge in [-0.2, -0.15) is 12.6 Å². The Kier molecular flexibility index (Phi) is 3.52. The van der Waals surface area contributed by atoms with E-state index in [2.05, 4.69) is 19.2 Å². The zero-order valence-electron chi connectivity index (χ0n) is 9.45. The van der Waals surface area contributed by atoms with Crippen LogP contribution in [0, 0.1) is 5.82 Å². The second-order valence-corrected chi connectivity index (χ2v) is 4.48. The second kappa shape index (κ2) is 4.92. The van der Waals surface area contributed by atoms with Gasteiger partial charge in [0.25, 0.3) is 0 Å². The zero-order valence-corrected chi connectivity index (χ0v) is 10.3. The minimum absolute atomic E-state index is 0.0195. The van der Waals surface area contributed by atoms with Crippen molar-refractivity contribution in [2.45, 2.75) is 12.8 Å². The Balaban J connectivity index is 2.35. The molecule has 4 heteroatoms. The Hall–Kier alpha value is -1.29. The lowest BCUT2D eigenvalue weighted by molar-refractivity contribution is -0.118. The lowest BCUT2D eigenvalue weighted by Crippen LogP contribution is -2.36. The van der Waals surface area contributed by atoms with Crippen LogP contribution in [0.3, 0.4) is 0 Å². The van der Waals surface area contributed by atoms with Crippen molar-refractivity contribution in [2.24, 2.45) is 0 Å². The summed E-state index contributed by atoms with van der Waals surface area (Å²) in [5.41, 5.74) is 2.53. The summed E-state index contributed by atoms with van der Waals surface area (Å²) in [6.45, 7) is 4.25. The number of benzene rings is 1. The molecular weight excluding hydrogens is 237 g/mol. The Bertz CT molecular complexity index is 472. The van der Waals surface area contributed by atoms with Crippen LogP contribution in [0.15, 0.2) is 30.4 Å². The van der Waals surface area contributed by atoms with Crippen molar-refractivity contribution in [2.75, 3.05) is 17.2 Å². The van der Waals surface area contributed by atoms with E-state index in [4.69, 9.17) is 0 Å². The zero-order chi connectivity index (χ0) is 12.4. The van der Waals surface area contributed by atoms with Crippen LogP contribution < -0.4 is 4.90 Å². The average molecular weight is 251 g/mol. The summed E-state index contributed by atoms with van der Waals surface area (Å²) in [5, 5.41) is 0. The van der Waals surface area contributed by atoms with Gasteiger partial charge in [-0.1, -0.05) is 12.6 Å². The molecule has 1 aliphatic rings. The molecule has 1 amide bonds.